The maximum Gasteiger partial charge on any atom is 0.320 e. The van der Waals surface area contributed by atoms with Crippen LogP contribution in [0.4, 0.5) is 16.3 Å². The van der Waals surface area contributed by atoms with Crippen LogP contribution in [-0.2, 0) is 0 Å². The molecule has 2 amide bonds. The van der Waals surface area contributed by atoms with Crippen LogP contribution in [0.2, 0.25) is 0 Å². The van der Waals surface area contributed by atoms with Crippen LogP contribution in [0.15, 0.2) is 12.1 Å². The molecule has 6 heteroatoms. The Labute approximate surface area is 124 Å². The summed E-state index contributed by atoms with van der Waals surface area (Å²) >= 11 is 0. The van der Waals surface area contributed by atoms with Gasteiger partial charge in [-0.05, 0) is 37.9 Å². The molecule has 0 spiro atoms. The predicted molar refractivity (Wildman–Crippen MR) is 81.5 cm³/mol. The zero-order valence-electron chi connectivity index (χ0n) is 12.1. The van der Waals surface area contributed by atoms with Gasteiger partial charge in [0.1, 0.15) is 0 Å². The van der Waals surface area contributed by atoms with E-state index in [0.717, 1.165) is 49.7 Å². The summed E-state index contributed by atoms with van der Waals surface area (Å²) in [7, 11) is 0. The summed E-state index contributed by atoms with van der Waals surface area (Å²) in [4.78, 5) is 20.7. The van der Waals surface area contributed by atoms with Gasteiger partial charge in [-0.1, -0.05) is 6.42 Å². The van der Waals surface area contributed by atoms with E-state index in [0.29, 0.717) is 6.04 Å². The molecule has 6 nitrogen and oxygen atoms in total. The molecule has 1 aromatic rings. The number of aromatic nitrogens is 1. The zero-order chi connectivity index (χ0) is 14.4. The quantitative estimate of drug-likeness (QED) is 0.818. The number of anilines is 2. The molecule has 2 saturated heterocycles. The minimum absolute atomic E-state index is 0.178. The molecule has 4 rings (SSSR count). The highest BCUT2D eigenvalue weighted by molar-refractivity contribution is 5.95. The Balaban J connectivity index is 1.74. The van der Waals surface area contributed by atoms with E-state index in [2.05, 4.69) is 22.3 Å². The van der Waals surface area contributed by atoms with Crippen LogP contribution in [0.3, 0.4) is 0 Å². The van der Waals surface area contributed by atoms with Crippen LogP contribution < -0.4 is 20.9 Å². The molecule has 21 heavy (non-hydrogen) atoms. The molecule has 1 aromatic heterocycles. The van der Waals surface area contributed by atoms with Crippen LogP contribution in [0, 0.1) is 0 Å². The van der Waals surface area contributed by atoms with E-state index in [-0.39, 0.29) is 12.1 Å². The lowest BCUT2D eigenvalue weighted by Crippen LogP contribution is -2.49. The third-order valence-corrected chi connectivity index (χ3v) is 4.88. The largest absolute Gasteiger partial charge is 0.366 e. The molecule has 2 bridgehead atoms. The van der Waals surface area contributed by atoms with Crippen molar-refractivity contribution in [2.24, 2.45) is 5.73 Å². The van der Waals surface area contributed by atoms with Crippen molar-refractivity contribution in [3.8, 4) is 0 Å². The summed E-state index contributed by atoms with van der Waals surface area (Å²) in [6.07, 6.45) is 4.53. The van der Waals surface area contributed by atoms with E-state index in [4.69, 9.17) is 10.7 Å². The monoisotopic (exact) mass is 287 g/mol. The summed E-state index contributed by atoms with van der Waals surface area (Å²) in [5, 5.41) is 3.51. The van der Waals surface area contributed by atoms with Crippen molar-refractivity contribution in [2.45, 2.75) is 37.8 Å². The van der Waals surface area contributed by atoms with E-state index in [1.165, 1.54) is 12.8 Å². The molecule has 3 aliphatic heterocycles. The van der Waals surface area contributed by atoms with E-state index >= 15 is 0 Å². The van der Waals surface area contributed by atoms with Gasteiger partial charge in [0.25, 0.3) is 0 Å². The number of nitrogens with two attached hydrogens (primary N) is 1. The number of piperidine rings is 1. The smallest absolute Gasteiger partial charge is 0.320 e. The number of hydrogen-bond donors (Lipinski definition) is 2. The summed E-state index contributed by atoms with van der Waals surface area (Å²) in [6, 6.07) is 4.29. The van der Waals surface area contributed by atoms with Crippen LogP contribution in [0.25, 0.3) is 0 Å². The first-order valence-corrected chi connectivity index (χ1v) is 7.82. The second kappa shape index (κ2) is 4.87. The summed E-state index contributed by atoms with van der Waals surface area (Å²) in [5.74, 6) is 0.751. The van der Waals surface area contributed by atoms with Gasteiger partial charge in [-0.2, -0.15) is 0 Å². The third kappa shape index (κ3) is 2.05. The highest BCUT2D eigenvalue weighted by Gasteiger charge is 2.39. The van der Waals surface area contributed by atoms with Gasteiger partial charge >= 0.3 is 6.03 Å². The van der Waals surface area contributed by atoms with E-state index in [1.807, 2.05) is 0 Å². The standard InChI is InChI=1S/C15H21N5O/c16-15(21)20-10-6-8-19(9-10)13-5-4-12(18-14(13)20)11-3-1-2-7-17-11/h4-5,10-11,17H,1-3,6-9H2,(H2,16,21)/t10-,11?/m0/s1. The van der Waals surface area contributed by atoms with Gasteiger partial charge in [-0.15, -0.1) is 0 Å². The van der Waals surface area contributed by atoms with Gasteiger partial charge in [0.05, 0.1) is 17.4 Å². The normalized spacial score (nSPS) is 27.6. The van der Waals surface area contributed by atoms with Crippen molar-refractivity contribution in [3.05, 3.63) is 17.8 Å². The van der Waals surface area contributed by atoms with Crippen LogP contribution in [-0.4, -0.2) is 36.7 Å². The minimum Gasteiger partial charge on any atom is -0.366 e. The fraction of sp³-hybridized carbons (Fsp3) is 0.600. The molecule has 2 fully saturated rings. The number of amides is 2. The first-order valence-electron chi connectivity index (χ1n) is 7.82. The molecule has 112 valence electrons. The van der Waals surface area contributed by atoms with Crippen LogP contribution >= 0.6 is 0 Å². The molecular formula is C15H21N5O. The molecular weight excluding hydrogens is 266 g/mol. The number of carbonyl (C=O) groups excluding carboxylic acids is 1. The Morgan fingerprint density at radius 3 is 3.00 bits per heavy atom. The topological polar surface area (TPSA) is 74.5 Å². The van der Waals surface area contributed by atoms with Gasteiger partial charge < -0.3 is 16.0 Å². The number of pyridine rings is 1. The zero-order valence-corrected chi connectivity index (χ0v) is 12.1. The number of nitrogens with zero attached hydrogens (tertiary/aromatic N) is 3. The minimum atomic E-state index is -0.385. The highest BCUT2D eigenvalue weighted by Crippen LogP contribution is 2.39. The molecule has 0 aromatic carbocycles. The maximum atomic E-state index is 11.9. The molecule has 1 unspecified atom stereocenters. The summed E-state index contributed by atoms with van der Waals surface area (Å²) < 4.78 is 0. The van der Waals surface area contributed by atoms with E-state index in [9.17, 15) is 4.79 Å². The lowest BCUT2D eigenvalue weighted by molar-refractivity contribution is 0.251. The van der Waals surface area contributed by atoms with E-state index in [1.54, 1.807) is 4.90 Å². The first kappa shape index (κ1) is 12.9. The summed E-state index contributed by atoms with van der Waals surface area (Å²) in [5.41, 5.74) is 7.68. The number of hydrogen-bond acceptors (Lipinski definition) is 4. The molecule has 0 radical (unpaired) electrons. The number of fused-ring (bicyclic) bond motifs is 4. The van der Waals surface area contributed by atoms with Gasteiger partial charge in [-0.25, -0.2) is 9.78 Å². The predicted octanol–water partition coefficient (Wildman–Crippen LogP) is 1.37. The Morgan fingerprint density at radius 2 is 2.24 bits per heavy atom. The van der Waals surface area contributed by atoms with Crippen molar-refractivity contribution < 1.29 is 4.79 Å². The van der Waals surface area contributed by atoms with Crippen molar-refractivity contribution in [1.29, 1.82) is 0 Å². The Morgan fingerprint density at radius 1 is 1.33 bits per heavy atom. The molecule has 0 saturated carbocycles. The molecule has 2 atom stereocenters. The second-order valence-electron chi connectivity index (χ2n) is 6.18. The van der Waals surface area contributed by atoms with Crippen LogP contribution in [0.1, 0.15) is 37.4 Å². The molecule has 4 heterocycles. The fourth-order valence-corrected chi connectivity index (χ4v) is 3.81. The number of primary amides is 1. The third-order valence-electron chi connectivity index (χ3n) is 4.88. The highest BCUT2D eigenvalue weighted by atomic mass is 16.2. The Kier molecular flexibility index (Phi) is 2.99. The van der Waals surface area contributed by atoms with Gasteiger partial charge in [0.15, 0.2) is 5.82 Å². The average molecular weight is 287 g/mol. The van der Waals surface area contributed by atoms with Gasteiger partial charge in [0, 0.05) is 19.1 Å². The second-order valence-corrected chi connectivity index (χ2v) is 6.18. The van der Waals surface area contributed by atoms with E-state index < -0.39 is 0 Å². The Bertz CT molecular complexity index is 569. The van der Waals surface area contributed by atoms with Crippen molar-refractivity contribution in [1.82, 2.24) is 10.3 Å². The van der Waals surface area contributed by atoms with Gasteiger partial charge in [0.2, 0.25) is 0 Å². The lowest BCUT2D eigenvalue weighted by atomic mass is 10.0. The van der Waals surface area contributed by atoms with Crippen molar-refractivity contribution in [3.63, 3.8) is 0 Å². The summed E-state index contributed by atoms with van der Waals surface area (Å²) in [6.45, 7) is 2.89. The number of urea groups is 1. The van der Waals surface area contributed by atoms with Crippen molar-refractivity contribution >= 4 is 17.5 Å². The average Bonchev–Trinajstić information content (AvgIpc) is 2.92. The van der Waals surface area contributed by atoms with Crippen LogP contribution in [0.5, 0.6) is 0 Å². The number of carbonyl (C=O) groups is 1. The molecule has 3 N–H and O–H groups in total. The first-order chi connectivity index (χ1) is 10.2. The maximum absolute atomic E-state index is 11.9. The van der Waals surface area contributed by atoms with Gasteiger partial charge in [-0.3, -0.25) is 4.90 Å². The Hall–Kier alpha value is -1.82. The molecule has 0 aliphatic carbocycles. The van der Waals surface area contributed by atoms with Crippen molar-refractivity contribution in [2.75, 3.05) is 29.4 Å². The number of rotatable bonds is 1. The molecule has 3 aliphatic rings. The lowest BCUT2D eigenvalue weighted by Gasteiger charge is -2.35. The fourth-order valence-electron chi connectivity index (χ4n) is 3.81. The SMILES string of the molecule is NC(=O)N1c2nc(C3CCCCN3)ccc2N2CC[C@H]1C2. The number of nitrogens with one attached hydrogen (secondary N) is 1.